The molecule has 2 aromatic carbocycles. The highest BCUT2D eigenvalue weighted by Crippen LogP contribution is 2.36. The van der Waals surface area contributed by atoms with Gasteiger partial charge in [0.25, 0.3) is 5.91 Å². The molecule has 0 aliphatic carbocycles. The second-order valence-corrected chi connectivity index (χ2v) is 7.34. The third-order valence-corrected chi connectivity index (χ3v) is 5.23. The van der Waals surface area contributed by atoms with Crippen molar-refractivity contribution in [1.29, 1.82) is 0 Å². The minimum atomic E-state index is -0.321. The highest BCUT2D eigenvalue weighted by atomic mass is 79.9. The molecule has 1 heterocycles. The molecule has 0 aromatic heterocycles. The molecular formula is C19H16BrFN2O2S. The van der Waals surface area contributed by atoms with E-state index < -0.39 is 0 Å². The Labute approximate surface area is 163 Å². The highest BCUT2D eigenvalue weighted by Gasteiger charge is 2.32. The van der Waals surface area contributed by atoms with Gasteiger partial charge in [0.1, 0.15) is 11.6 Å². The van der Waals surface area contributed by atoms with E-state index in [2.05, 4.69) is 20.9 Å². The first kappa shape index (κ1) is 18.7. The van der Waals surface area contributed by atoms with Gasteiger partial charge in [-0.05, 0) is 67.2 Å². The van der Waals surface area contributed by atoms with Crippen LogP contribution in [0.5, 0.6) is 5.75 Å². The van der Waals surface area contributed by atoms with Crippen LogP contribution in [0.2, 0.25) is 0 Å². The molecule has 2 aromatic rings. The molecule has 0 N–H and O–H groups in total. The summed E-state index contributed by atoms with van der Waals surface area (Å²) in [6.07, 6.45) is 1.80. The Bertz CT molecular complexity index is 897. The van der Waals surface area contributed by atoms with Gasteiger partial charge >= 0.3 is 0 Å². The number of ether oxygens (including phenoxy) is 1. The van der Waals surface area contributed by atoms with Crippen LogP contribution >= 0.6 is 27.7 Å². The van der Waals surface area contributed by atoms with Gasteiger partial charge in [-0.3, -0.25) is 9.69 Å². The van der Waals surface area contributed by atoms with Crippen molar-refractivity contribution in [2.75, 3.05) is 13.7 Å². The van der Waals surface area contributed by atoms with Crippen LogP contribution in [-0.4, -0.2) is 29.6 Å². The van der Waals surface area contributed by atoms with Crippen molar-refractivity contribution in [3.63, 3.8) is 0 Å². The molecule has 7 heteroatoms. The van der Waals surface area contributed by atoms with Gasteiger partial charge in [0.2, 0.25) is 0 Å². The van der Waals surface area contributed by atoms with E-state index in [9.17, 15) is 9.18 Å². The van der Waals surface area contributed by atoms with E-state index in [1.165, 1.54) is 23.9 Å². The summed E-state index contributed by atoms with van der Waals surface area (Å²) in [6.45, 7) is 2.39. The van der Waals surface area contributed by atoms with Gasteiger partial charge in [-0.1, -0.05) is 15.9 Å². The van der Waals surface area contributed by atoms with Crippen LogP contribution in [0, 0.1) is 5.82 Å². The van der Waals surface area contributed by atoms with Gasteiger partial charge in [-0.25, -0.2) is 9.38 Å². The Hall–Kier alpha value is -2.12. The Morgan fingerprint density at radius 1 is 1.27 bits per heavy atom. The summed E-state index contributed by atoms with van der Waals surface area (Å²) in [4.78, 5) is 19.4. The lowest BCUT2D eigenvalue weighted by Gasteiger charge is -2.12. The minimum Gasteiger partial charge on any atom is -0.496 e. The van der Waals surface area contributed by atoms with Gasteiger partial charge in [-0.2, -0.15) is 0 Å². The Balaban J connectivity index is 1.97. The Kier molecular flexibility index (Phi) is 5.78. The number of carbonyl (C=O) groups excluding carboxylic acids is 1. The first-order valence-corrected chi connectivity index (χ1v) is 9.52. The number of likely N-dealkylation sites (N-methyl/N-ethyl adjacent to an activating group) is 1. The molecule has 1 aliphatic rings. The topological polar surface area (TPSA) is 41.9 Å². The standard InChI is InChI=1S/C19H16BrFN2O2S/c1-3-23-18(24)17(11-12-10-13(20)4-9-16(12)25-2)26-19(23)22-15-7-5-14(21)6-8-15/h4-11H,3H2,1-2H3/b17-11+,22-19?. The van der Waals surface area contributed by atoms with E-state index in [1.807, 2.05) is 25.1 Å². The number of amidine groups is 1. The number of rotatable bonds is 4. The fourth-order valence-electron chi connectivity index (χ4n) is 2.46. The zero-order valence-corrected chi connectivity index (χ0v) is 16.6. The quantitative estimate of drug-likeness (QED) is 0.619. The smallest absolute Gasteiger partial charge is 0.266 e. The molecule has 26 heavy (non-hydrogen) atoms. The van der Waals surface area contributed by atoms with Gasteiger partial charge in [0.15, 0.2) is 5.17 Å². The maximum atomic E-state index is 13.1. The zero-order valence-electron chi connectivity index (χ0n) is 14.2. The largest absolute Gasteiger partial charge is 0.496 e. The van der Waals surface area contributed by atoms with E-state index in [0.29, 0.717) is 28.1 Å². The molecule has 134 valence electrons. The number of carbonyl (C=O) groups is 1. The average molecular weight is 435 g/mol. The second-order valence-electron chi connectivity index (χ2n) is 5.42. The summed E-state index contributed by atoms with van der Waals surface area (Å²) in [5.74, 6) is 0.250. The molecule has 1 saturated heterocycles. The molecule has 1 fully saturated rings. The summed E-state index contributed by atoms with van der Waals surface area (Å²) in [5.41, 5.74) is 1.40. The third kappa shape index (κ3) is 3.99. The Morgan fingerprint density at radius 2 is 2.00 bits per heavy atom. The third-order valence-electron chi connectivity index (χ3n) is 3.73. The van der Waals surface area contributed by atoms with Crippen LogP contribution in [0.15, 0.2) is 56.8 Å². The maximum absolute atomic E-state index is 13.1. The van der Waals surface area contributed by atoms with E-state index in [-0.39, 0.29) is 11.7 Å². The molecule has 1 amide bonds. The van der Waals surface area contributed by atoms with E-state index in [0.717, 1.165) is 10.0 Å². The molecule has 0 atom stereocenters. The van der Waals surface area contributed by atoms with Gasteiger partial charge in [-0.15, -0.1) is 0 Å². The van der Waals surface area contributed by atoms with Crippen LogP contribution < -0.4 is 4.74 Å². The van der Waals surface area contributed by atoms with E-state index >= 15 is 0 Å². The van der Waals surface area contributed by atoms with Crippen molar-refractivity contribution >= 4 is 50.5 Å². The molecule has 0 radical (unpaired) electrons. The summed E-state index contributed by atoms with van der Waals surface area (Å²) in [6, 6.07) is 11.5. The number of methoxy groups -OCH3 is 1. The predicted octanol–water partition coefficient (Wildman–Crippen LogP) is 5.22. The summed E-state index contributed by atoms with van der Waals surface area (Å²) >= 11 is 4.73. The zero-order chi connectivity index (χ0) is 18.7. The monoisotopic (exact) mass is 434 g/mol. The highest BCUT2D eigenvalue weighted by molar-refractivity contribution is 9.10. The number of aliphatic imine (C=N–C) groups is 1. The number of amides is 1. The molecule has 1 aliphatic heterocycles. The molecule has 0 bridgehead atoms. The number of thioether (sulfide) groups is 1. The number of nitrogens with zero attached hydrogens (tertiary/aromatic N) is 2. The normalized spacial score (nSPS) is 17.4. The number of benzene rings is 2. The van der Waals surface area contributed by atoms with Gasteiger partial charge in [0, 0.05) is 16.6 Å². The molecular weight excluding hydrogens is 419 g/mol. The van der Waals surface area contributed by atoms with Crippen LogP contribution in [0.25, 0.3) is 6.08 Å². The number of hydrogen-bond donors (Lipinski definition) is 0. The minimum absolute atomic E-state index is 0.111. The van der Waals surface area contributed by atoms with Crippen LogP contribution in [0.4, 0.5) is 10.1 Å². The fourth-order valence-corrected chi connectivity index (χ4v) is 3.89. The lowest BCUT2D eigenvalue weighted by atomic mass is 10.2. The van der Waals surface area contributed by atoms with Gasteiger partial charge in [0.05, 0.1) is 17.7 Å². The lowest BCUT2D eigenvalue weighted by molar-refractivity contribution is -0.122. The predicted molar refractivity (Wildman–Crippen MR) is 107 cm³/mol. The first-order chi connectivity index (χ1) is 12.5. The molecule has 0 saturated carbocycles. The molecule has 0 unspecified atom stereocenters. The second kappa shape index (κ2) is 8.05. The van der Waals surface area contributed by atoms with E-state index in [1.54, 1.807) is 30.2 Å². The summed E-state index contributed by atoms with van der Waals surface area (Å²) in [7, 11) is 1.59. The molecule has 3 rings (SSSR count). The number of halogens is 2. The van der Waals surface area contributed by atoms with Crippen molar-refractivity contribution in [3.05, 3.63) is 63.2 Å². The number of hydrogen-bond acceptors (Lipinski definition) is 4. The maximum Gasteiger partial charge on any atom is 0.266 e. The van der Waals surface area contributed by atoms with E-state index in [4.69, 9.17) is 4.74 Å². The molecule has 4 nitrogen and oxygen atoms in total. The van der Waals surface area contributed by atoms with Crippen molar-refractivity contribution in [2.45, 2.75) is 6.92 Å². The van der Waals surface area contributed by atoms with Gasteiger partial charge < -0.3 is 4.74 Å². The fraction of sp³-hybridized carbons (Fsp3) is 0.158. The molecule has 0 spiro atoms. The van der Waals surface area contributed by atoms with Crippen molar-refractivity contribution in [1.82, 2.24) is 4.90 Å². The lowest BCUT2D eigenvalue weighted by Crippen LogP contribution is -2.28. The summed E-state index contributed by atoms with van der Waals surface area (Å²) < 4.78 is 19.3. The van der Waals surface area contributed by atoms with Crippen molar-refractivity contribution < 1.29 is 13.9 Å². The summed E-state index contributed by atoms with van der Waals surface area (Å²) in [5, 5.41) is 0.573. The Morgan fingerprint density at radius 3 is 2.65 bits per heavy atom. The van der Waals surface area contributed by atoms with Crippen molar-refractivity contribution in [3.8, 4) is 5.75 Å². The first-order valence-electron chi connectivity index (χ1n) is 7.91. The van der Waals surface area contributed by atoms with Crippen LogP contribution in [0.3, 0.4) is 0 Å². The van der Waals surface area contributed by atoms with Crippen LogP contribution in [-0.2, 0) is 4.79 Å². The SMILES string of the molecule is CCN1C(=O)/C(=C\c2cc(Br)ccc2OC)SC1=Nc1ccc(F)cc1. The average Bonchev–Trinajstić information content (AvgIpc) is 2.92. The van der Waals surface area contributed by atoms with Crippen molar-refractivity contribution in [2.24, 2.45) is 4.99 Å². The van der Waals surface area contributed by atoms with Crippen LogP contribution in [0.1, 0.15) is 12.5 Å².